The summed E-state index contributed by atoms with van der Waals surface area (Å²) in [7, 11) is -2.27. The van der Waals surface area contributed by atoms with Gasteiger partial charge in [0.25, 0.3) is 5.91 Å². The molecule has 6 rings (SSSR count). The second-order valence-electron chi connectivity index (χ2n) is 13.0. The van der Waals surface area contributed by atoms with E-state index >= 15 is 0 Å². The highest BCUT2D eigenvalue weighted by Gasteiger charge is 2.62. The SMILES string of the molecule is C=C[C@@H]1C[C@]1(NC(=O)[C@@H]1C[C@@H](Oc2cc(-c3nc(C(C)C)cs3)nc3c(C)c(OC)ccc23)CN1Cl)C(=O)NS(=O)(=O)C1(C)CC1. The summed E-state index contributed by atoms with van der Waals surface area (Å²) < 4.78 is 40.3. The molecule has 1 saturated heterocycles. The maximum absolute atomic E-state index is 13.6. The smallest absolute Gasteiger partial charge is 0.259 e. The summed E-state index contributed by atoms with van der Waals surface area (Å²) in [6.45, 7) is 11.7. The normalized spacial score (nSPS) is 25.3. The molecule has 2 N–H and O–H groups in total. The van der Waals surface area contributed by atoms with E-state index in [-0.39, 0.29) is 25.3 Å². The summed E-state index contributed by atoms with van der Waals surface area (Å²) in [5.41, 5.74) is 1.82. The van der Waals surface area contributed by atoms with Crippen molar-refractivity contribution in [3.63, 3.8) is 0 Å². The van der Waals surface area contributed by atoms with Crippen LogP contribution in [0.1, 0.15) is 63.6 Å². The maximum atomic E-state index is 13.6. The van der Waals surface area contributed by atoms with Gasteiger partial charge in [0.1, 0.15) is 39.9 Å². The number of thiazole rings is 1. The Morgan fingerprint density at radius 1 is 1.24 bits per heavy atom. The van der Waals surface area contributed by atoms with Gasteiger partial charge in [-0.2, -0.15) is 0 Å². The minimum Gasteiger partial charge on any atom is -0.496 e. The number of aromatic nitrogens is 2. The standard InChI is InChI=1S/C32H38ClN5O6S2/c1-7-19-14-32(19,30(40)37-46(41,42)31(5)10-11-31)36-28(39)24-12-20(15-38(24)33)44-26-13-22(29-35-23(16-45-29)17(2)3)34-27-18(4)25(43-6)9-8-21(26)27/h7-9,13,16-17,19-20,24H,1,10-12,14-15H2,2-6H3,(H,36,39)(H,37,40)/t19-,20-,24+,32-/m1/s1. The summed E-state index contributed by atoms with van der Waals surface area (Å²) in [5.74, 6) is -0.0977. The van der Waals surface area contributed by atoms with Crippen LogP contribution >= 0.6 is 23.1 Å². The summed E-state index contributed by atoms with van der Waals surface area (Å²) in [6.07, 6.45) is 2.54. The Morgan fingerprint density at radius 2 is 1.98 bits per heavy atom. The Labute approximate surface area is 277 Å². The minimum absolute atomic E-state index is 0.236. The third kappa shape index (κ3) is 5.75. The van der Waals surface area contributed by atoms with E-state index in [1.807, 2.05) is 30.5 Å². The van der Waals surface area contributed by atoms with Crippen molar-refractivity contribution >= 4 is 55.9 Å². The second kappa shape index (κ2) is 11.8. The fourth-order valence-corrected chi connectivity index (χ4v) is 8.43. The molecular formula is C32H38ClN5O6S2. The average Bonchev–Trinajstić information content (AvgIpc) is 3.81. The van der Waals surface area contributed by atoms with Crippen molar-refractivity contribution in [1.29, 1.82) is 0 Å². The van der Waals surface area contributed by atoms with Crippen molar-refractivity contribution in [2.24, 2.45) is 5.92 Å². The van der Waals surface area contributed by atoms with E-state index < -0.39 is 50.2 Å². The van der Waals surface area contributed by atoms with Crippen molar-refractivity contribution in [3.8, 4) is 22.2 Å². The number of carbonyl (C=O) groups is 2. The number of benzene rings is 1. The highest BCUT2D eigenvalue weighted by Crippen LogP contribution is 2.47. The van der Waals surface area contributed by atoms with E-state index in [0.29, 0.717) is 30.0 Å². The zero-order chi connectivity index (χ0) is 33.2. The Morgan fingerprint density at radius 3 is 2.59 bits per heavy atom. The average molecular weight is 688 g/mol. The molecule has 11 nitrogen and oxygen atoms in total. The van der Waals surface area contributed by atoms with Crippen LogP contribution in [0.25, 0.3) is 21.6 Å². The number of ether oxygens (including phenoxy) is 2. The molecule has 3 heterocycles. The molecule has 0 bridgehead atoms. The van der Waals surface area contributed by atoms with E-state index in [2.05, 4.69) is 30.5 Å². The van der Waals surface area contributed by atoms with Crippen LogP contribution in [0.5, 0.6) is 11.5 Å². The number of carbonyl (C=O) groups excluding carboxylic acids is 2. The minimum atomic E-state index is -3.88. The Balaban J connectivity index is 1.23. The van der Waals surface area contributed by atoms with Crippen LogP contribution in [0.4, 0.5) is 0 Å². The lowest BCUT2D eigenvalue weighted by Crippen LogP contribution is -2.56. The van der Waals surface area contributed by atoms with Crippen molar-refractivity contribution < 1.29 is 27.5 Å². The number of halogens is 1. The van der Waals surface area contributed by atoms with E-state index in [1.165, 1.54) is 15.8 Å². The number of hydrogen-bond donors (Lipinski definition) is 2. The van der Waals surface area contributed by atoms with Crippen molar-refractivity contribution in [2.45, 2.75) is 81.7 Å². The van der Waals surface area contributed by atoms with Gasteiger partial charge in [-0.15, -0.1) is 17.9 Å². The molecule has 2 aliphatic carbocycles. The van der Waals surface area contributed by atoms with Crippen molar-refractivity contribution in [1.82, 2.24) is 24.4 Å². The number of hydrogen-bond acceptors (Lipinski definition) is 10. The Kier molecular flexibility index (Phi) is 8.36. The van der Waals surface area contributed by atoms with Crippen LogP contribution in [-0.2, 0) is 19.6 Å². The Bertz CT molecular complexity index is 1840. The monoisotopic (exact) mass is 687 g/mol. The summed E-state index contributed by atoms with van der Waals surface area (Å²) >= 11 is 8.10. The number of nitrogens with zero attached hydrogens (tertiary/aromatic N) is 3. The molecule has 4 atom stereocenters. The van der Waals surface area contributed by atoms with Gasteiger partial charge in [0, 0.05) is 34.7 Å². The molecule has 1 aromatic carbocycles. The van der Waals surface area contributed by atoms with Crippen LogP contribution in [0, 0.1) is 12.8 Å². The van der Waals surface area contributed by atoms with Crippen molar-refractivity contribution in [2.75, 3.05) is 13.7 Å². The quantitative estimate of drug-likeness (QED) is 0.214. The van der Waals surface area contributed by atoms with Crippen LogP contribution in [0.2, 0.25) is 0 Å². The zero-order valence-corrected chi connectivity index (χ0v) is 28.8. The first-order chi connectivity index (χ1) is 21.7. The largest absolute Gasteiger partial charge is 0.496 e. The fourth-order valence-electron chi connectivity index (χ4n) is 5.85. The number of fused-ring (bicyclic) bond motifs is 1. The number of sulfonamides is 1. The Hall–Kier alpha value is -3.26. The first-order valence-electron chi connectivity index (χ1n) is 15.3. The molecule has 1 aliphatic heterocycles. The molecule has 246 valence electrons. The van der Waals surface area contributed by atoms with Crippen LogP contribution < -0.4 is 19.5 Å². The first kappa shape index (κ1) is 32.7. The second-order valence-corrected chi connectivity index (χ2v) is 16.5. The molecule has 14 heteroatoms. The number of amides is 2. The molecule has 46 heavy (non-hydrogen) atoms. The third-order valence-corrected chi connectivity index (χ3v) is 12.8. The first-order valence-corrected chi connectivity index (χ1v) is 18.0. The lowest BCUT2D eigenvalue weighted by molar-refractivity contribution is -0.131. The van der Waals surface area contributed by atoms with E-state index in [0.717, 1.165) is 27.2 Å². The van der Waals surface area contributed by atoms with Gasteiger partial charge in [0.15, 0.2) is 0 Å². The lowest BCUT2D eigenvalue weighted by atomic mass is 10.1. The highest BCUT2D eigenvalue weighted by molar-refractivity contribution is 7.91. The molecule has 0 unspecified atom stereocenters. The van der Waals surface area contributed by atoms with Gasteiger partial charge in [-0.05, 0) is 62.9 Å². The van der Waals surface area contributed by atoms with E-state index in [9.17, 15) is 18.0 Å². The molecule has 2 aromatic heterocycles. The van der Waals surface area contributed by atoms with Gasteiger partial charge in [0.05, 0.1) is 29.6 Å². The molecule has 2 amide bonds. The van der Waals surface area contributed by atoms with E-state index in [1.54, 1.807) is 20.1 Å². The molecule has 3 fully saturated rings. The van der Waals surface area contributed by atoms with Gasteiger partial charge in [-0.3, -0.25) is 14.3 Å². The van der Waals surface area contributed by atoms with E-state index in [4.69, 9.17) is 31.2 Å². The molecular weight excluding hydrogens is 650 g/mol. The lowest BCUT2D eigenvalue weighted by Gasteiger charge is -2.23. The van der Waals surface area contributed by atoms with Gasteiger partial charge < -0.3 is 14.8 Å². The van der Waals surface area contributed by atoms with Crippen LogP contribution in [0.3, 0.4) is 0 Å². The van der Waals surface area contributed by atoms with Crippen LogP contribution in [-0.4, -0.2) is 70.7 Å². The molecule has 2 saturated carbocycles. The predicted octanol–water partition coefficient (Wildman–Crippen LogP) is 4.83. The van der Waals surface area contributed by atoms with Gasteiger partial charge >= 0.3 is 0 Å². The zero-order valence-electron chi connectivity index (χ0n) is 26.4. The van der Waals surface area contributed by atoms with Gasteiger partial charge in [0.2, 0.25) is 15.9 Å². The van der Waals surface area contributed by atoms with Crippen LogP contribution in [0.15, 0.2) is 36.2 Å². The molecule has 0 spiro atoms. The number of aryl methyl sites for hydroxylation is 1. The number of pyridine rings is 1. The molecule has 3 aromatic rings. The number of rotatable bonds is 11. The third-order valence-electron chi connectivity index (χ3n) is 9.38. The van der Waals surface area contributed by atoms with Gasteiger partial charge in [-0.1, -0.05) is 19.9 Å². The fraction of sp³-hybridized carbons (Fsp3) is 0.500. The topological polar surface area (TPSA) is 140 Å². The highest BCUT2D eigenvalue weighted by atomic mass is 35.5. The summed E-state index contributed by atoms with van der Waals surface area (Å²) in [4.78, 5) is 36.6. The summed E-state index contributed by atoms with van der Waals surface area (Å²) in [6, 6.07) is 4.81. The van der Waals surface area contributed by atoms with Gasteiger partial charge in [-0.25, -0.2) is 22.8 Å². The predicted molar refractivity (Wildman–Crippen MR) is 177 cm³/mol. The van der Waals surface area contributed by atoms with Crippen molar-refractivity contribution in [3.05, 3.63) is 47.5 Å². The number of methoxy groups -OCH3 is 1. The summed E-state index contributed by atoms with van der Waals surface area (Å²) in [5, 5.41) is 6.39. The maximum Gasteiger partial charge on any atom is 0.259 e. The molecule has 0 radical (unpaired) electrons. The molecule has 3 aliphatic rings. The number of nitrogens with one attached hydrogen (secondary N) is 2.